The zero-order valence-corrected chi connectivity index (χ0v) is 11.8. The van der Waals surface area contributed by atoms with Crippen molar-refractivity contribution in [2.24, 2.45) is 11.7 Å². The van der Waals surface area contributed by atoms with Crippen LogP contribution in [0.5, 0.6) is 0 Å². The summed E-state index contributed by atoms with van der Waals surface area (Å²) < 4.78 is 10.9. The average molecular weight is 278 g/mol. The number of anilines is 1. The van der Waals surface area contributed by atoms with E-state index in [1.54, 1.807) is 6.92 Å². The molecule has 1 aliphatic rings. The molecule has 2 atom stereocenters. The highest BCUT2D eigenvalue weighted by molar-refractivity contribution is 5.94. The highest BCUT2D eigenvalue weighted by Gasteiger charge is 2.20. The molecule has 1 heterocycles. The largest absolute Gasteiger partial charge is 0.381 e. The maximum atomic E-state index is 12.1. The van der Waals surface area contributed by atoms with Crippen molar-refractivity contribution in [3.8, 4) is 0 Å². The highest BCUT2D eigenvalue weighted by Crippen LogP contribution is 2.16. The molecule has 0 radical (unpaired) electrons. The molecule has 110 valence electrons. The number of nitrogens with two attached hydrogens (primary N) is 1. The molecule has 1 aliphatic heterocycles. The van der Waals surface area contributed by atoms with Crippen LogP contribution in [0.1, 0.15) is 18.9 Å². The SMILES string of the molecule is CC(OCC1CCOC1)C(=O)Nc1ccccc1CN. The predicted octanol–water partition coefficient (Wildman–Crippen LogP) is 1.53. The fourth-order valence-corrected chi connectivity index (χ4v) is 2.13. The maximum Gasteiger partial charge on any atom is 0.253 e. The van der Waals surface area contributed by atoms with Crippen molar-refractivity contribution in [3.05, 3.63) is 29.8 Å². The normalized spacial score (nSPS) is 19.8. The van der Waals surface area contributed by atoms with E-state index in [0.717, 1.165) is 30.9 Å². The number of nitrogens with one attached hydrogen (secondary N) is 1. The summed E-state index contributed by atoms with van der Waals surface area (Å²) in [5.74, 6) is 0.256. The number of hydrogen-bond donors (Lipinski definition) is 2. The lowest BCUT2D eigenvalue weighted by Gasteiger charge is -2.16. The first-order valence-corrected chi connectivity index (χ1v) is 6.99. The Kier molecular flexibility index (Phi) is 5.52. The molecule has 2 rings (SSSR count). The minimum absolute atomic E-state index is 0.148. The van der Waals surface area contributed by atoms with Crippen molar-refractivity contribution < 1.29 is 14.3 Å². The molecule has 1 aromatic rings. The van der Waals surface area contributed by atoms with E-state index in [9.17, 15) is 4.79 Å². The summed E-state index contributed by atoms with van der Waals surface area (Å²) in [6.07, 6.45) is 0.520. The lowest BCUT2D eigenvalue weighted by Crippen LogP contribution is -2.30. The van der Waals surface area contributed by atoms with E-state index in [4.69, 9.17) is 15.2 Å². The molecule has 1 saturated heterocycles. The molecule has 5 nitrogen and oxygen atoms in total. The summed E-state index contributed by atoms with van der Waals surface area (Å²) in [7, 11) is 0. The molecule has 3 N–H and O–H groups in total. The third-order valence-electron chi connectivity index (χ3n) is 3.47. The van der Waals surface area contributed by atoms with Gasteiger partial charge in [-0.1, -0.05) is 18.2 Å². The maximum absolute atomic E-state index is 12.1. The molecule has 0 saturated carbocycles. The highest BCUT2D eigenvalue weighted by atomic mass is 16.5. The molecule has 1 aromatic carbocycles. The van der Waals surface area contributed by atoms with E-state index < -0.39 is 6.10 Å². The number of para-hydroxylation sites is 1. The third kappa shape index (κ3) is 4.03. The molecule has 5 heteroatoms. The van der Waals surface area contributed by atoms with Crippen molar-refractivity contribution in [1.82, 2.24) is 0 Å². The second-order valence-corrected chi connectivity index (χ2v) is 5.06. The van der Waals surface area contributed by atoms with Crippen LogP contribution in [0.25, 0.3) is 0 Å². The standard InChI is InChI=1S/C15H22N2O3/c1-11(20-10-12-6-7-19-9-12)15(18)17-14-5-3-2-4-13(14)8-16/h2-5,11-12H,6-10,16H2,1H3,(H,17,18). The van der Waals surface area contributed by atoms with Crippen LogP contribution in [0.3, 0.4) is 0 Å². The minimum atomic E-state index is -0.485. The van der Waals surface area contributed by atoms with E-state index in [1.165, 1.54) is 0 Å². The topological polar surface area (TPSA) is 73.6 Å². The Morgan fingerprint density at radius 3 is 3.05 bits per heavy atom. The molecule has 1 amide bonds. The van der Waals surface area contributed by atoms with E-state index in [2.05, 4.69) is 5.32 Å². The van der Waals surface area contributed by atoms with Crippen molar-refractivity contribution in [3.63, 3.8) is 0 Å². The van der Waals surface area contributed by atoms with Gasteiger partial charge in [0.15, 0.2) is 0 Å². The Labute approximate surface area is 119 Å². The van der Waals surface area contributed by atoms with Crippen molar-refractivity contribution in [2.45, 2.75) is 26.0 Å². The molecule has 1 fully saturated rings. The fourth-order valence-electron chi connectivity index (χ4n) is 2.13. The van der Waals surface area contributed by atoms with Crippen LogP contribution >= 0.6 is 0 Å². The smallest absolute Gasteiger partial charge is 0.253 e. The molecule has 0 bridgehead atoms. The number of carbonyl (C=O) groups is 1. The number of ether oxygens (including phenoxy) is 2. The van der Waals surface area contributed by atoms with Crippen molar-refractivity contribution in [1.29, 1.82) is 0 Å². The van der Waals surface area contributed by atoms with Crippen LogP contribution in [0.4, 0.5) is 5.69 Å². The summed E-state index contributed by atoms with van der Waals surface area (Å²) in [5, 5.41) is 2.86. The van der Waals surface area contributed by atoms with Crippen LogP contribution in [0.15, 0.2) is 24.3 Å². The van der Waals surface area contributed by atoms with Crippen LogP contribution in [0.2, 0.25) is 0 Å². The monoisotopic (exact) mass is 278 g/mol. The zero-order valence-electron chi connectivity index (χ0n) is 11.8. The van der Waals surface area contributed by atoms with E-state index in [0.29, 0.717) is 19.1 Å². The van der Waals surface area contributed by atoms with Gasteiger partial charge in [0.05, 0.1) is 13.2 Å². The lowest BCUT2D eigenvalue weighted by molar-refractivity contribution is -0.127. The number of hydrogen-bond acceptors (Lipinski definition) is 4. The minimum Gasteiger partial charge on any atom is -0.381 e. The third-order valence-corrected chi connectivity index (χ3v) is 3.47. The Hall–Kier alpha value is -1.43. The summed E-state index contributed by atoms with van der Waals surface area (Å²) in [4.78, 5) is 12.1. The molecule has 0 aromatic heterocycles. The number of benzene rings is 1. The lowest BCUT2D eigenvalue weighted by atomic mass is 10.1. The van der Waals surface area contributed by atoms with Gasteiger partial charge in [-0.3, -0.25) is 4.79 Å². The van der Waals surface area contributed by atoms with Gasteiger partial charge in [0.25, 0.3) is 5.91 Å². The Morgan fingerprint density at radius 1 is 1.55 bits per heavy atom. The van der Waals surface area contributed by atoms with Gasteiger partial charge >= 0.3 is 0 Å². The number of amides is 1. The first kappa shape index (κ1) is 15.0. The van der Waals surface area contributed by atoms with Gasteiger partial charge in [-0.25, -0.2) is 0 Å². The molecule has 20 heavy (non-hydrogen) atoms. The van der Waals surface area contributed by atoms with Crippen molar-refractivity contribution >= 4 is 11.6 Å². The van der Waals surface area contributed by atoms with E-state index in [-0.39, 0.29) is 5.91 Å². The zero-order chi connectivity index (χ0) is 14.4. The van der Waals surface area contributed by atoms with Crippen molar-refractivity contribution in [2.75, 3.05) is 25.1 Å². The molecule has 0 spiro atoms. The molecule has 0 aliphatic carbocycles. The summed E-state index contributed by atoms with van der Waals surface area (Å²) in [5.41, 5.74) is 7.31. The fraction of sp³-hybridized carbons (Fsp3) is 0.533. The van der Waals surface area contributed by atoms with Gasteiger partial charge in [-0.2, -0.15) is 0 Å². The summed E-state index contributed by atoms with van der Waals surface area (Å²) in [6, 6.07) is 7.52. The molecule has 2 unspecified atom stereocenters. The number of rotatable bonds is 6. The molecular formula is C15H22N2O3. The summed E-state index contributed by atoms with van der Waals surface area (Å²) >= 11 is 0. The molecular weight excluding hydrogens is 256 g/mol. The van der Waals surface area contributed by atoms with Gasteiger partial charge in [-0.05, 0) is 25.0 Å². The van der Waals surface area contributed by atoms with Gasteiger partial charge in [0.2, 0.25) is 0 Å². The average Bonchev–Trinajstić information content (AvgIpc) is 2.98. The van der Waals surface area contributed by atoms with Crippen LogP contribution < -0.4 is 11.1 Å². The van der Waals surface area contributed by atoms with E-state index in [1.807, 2.05) is 24.3 Å². The first-order valence-electron chi connectivity index (χ1n) is 6.99. The van der Waals surface area contributed by atoms with Gasteiger partial charge in [0, 0.05) is 24.8 Å². The van der Waals surface area contributed by atoms with Gasteiger partial charge < -0.3 is 20.5 Å². The van der Waals surface area contributed by atoms with Crippen LogP contribution in [-0.2, 0) is 20.8 Å². The predicted molar refractivity (Wildman–Crippen MR) is 77.3 cm³/mol. The van der Waals surface area contributed by atoms with Gasteiger partial charge in [-0.15, -0.1) is 0 Å². The number of carbonyl (C=O) groups excluding carboxylic acids is 1. The van der Waals surface area contributed by atoms with E-state index >= 15 is 0 Å². The quantitative estimate of drug-likeness (QED) is 0.827. The second kappa shape index (κ2) is 7.38. The van der Waals surface area contributed by atoms with Gasteiger partial charge in [0.1, 0.15) is 6.10 Å². The Morgan fingerprint density at radius 2 is 2.35 bits per heavy atom. The van der Waals surface area contributed by atoms with Crippen LogP contribution in [-0.4, -0.2) is 31.8 Å². The first-order chi connectivity index (χ1) is 9.70. The Balaban J connectivity index is 1.83. The summed E-state index contributed by atoms with van der Waals surface area (Å²) in [6.45, 7) is 4.23. The second-order valence-electron chi connectivity index (χ2n) is 5.06. The Bertz CT molecular complexity index is 444. The van der Waals surface area contributed by atoms with Crippen LogP contribution in [0, 0.1) is 5.92 Å².